The minimum absolute atomic E-state index is 0.264. The Hall–Kier alpha value is -4.89. The number of rotatable bonds is 6. The molecule has 1 N–H and O–H groups in total. The first-order valence-corrected chi connectivity index (χ1v) is 14.7. The molecule has 9 heteroatoms. The van der Waals surface area contributed by atoms with Crippen LogP contribution >= 0.6 is 0 Å². The van der Waals surface area contributed by atoms with Crippen molar-refractivity contribution in [3.63, 3.8) is 0 Å². The molecular formula is C32H26FN3O4S. The summed E-state index contributed by atoms with van der Waals surface area (Å²) in [5.74, 6) is -0.532. The largest absolute Gasteiger partial charge is 0.455 e. The number of hydrogen-bond donors (Lipinski definition) is 1. The van der Waals surface area contributed by atoms with Crippen molar-refractivity contribution in [3.05, 3.63) is 109 Å². The van der Waals surface area contributed by atoms with Crippen molar-refractivity contribution in [2.24, 2.45) is 0 Å². The van der Waals surface area contributed by atoms with Crippen LogP contribution in [0.25, 0.3) is 50.0 Å². The van der Waals surface area contributed by atoms with Gasteiger partial charge in [-0.2, -0.15) is 0 Å². The lowest BCUT2D eigenvalue weighted by Gasteiger charge is -2.21. The van der Waals surface area contributed by atoms with Crippen LogP contribution in [0.3, 0.4) is 0 Å². The summed E-state index contributed by atoms with van der Waals surface area (Å²) in [6.07, 6.45) is 3.12. The van der Waals surface area contributed by atoms with Gasteiger partial charge in [0.1, 0.15) is 17.2 Å². The molecule has 1 amide bonds. The maximum Gasteiger partial charge on any atom is 0.255 e. The van der Waals surface area contributed by atoms with Crippen LogP contribution in [0.15, 0.2) is 102 Å². The predicted octanol–water partition coefficient (Wildman–Crippen LogP) is 6.61. The van der Waals surface area contributed by atoms with Gasteiger partial charge in [-0.25, -0.2) is 12.8 Å². The van der Waals surface area contributed by atoms with Crippen LogP contribution in [0.2, 0.25) is 0 Å². The van der Waals surface area contributed by atoms with Crippen LogP contribution in [-0.2, 0) is 10.0 Å². The molecule has 0 aliphatic rings. The number of aromatic nitrogens is 1. The quantitative estimate of drug-likeness (QED) is 0.246. The molecule has 0 atom stereocenters. The molecule has 0 bridgehead atoms. The normalized spacial score (nSPS) is 11.7. The average molecular weight is 568 g/mol. The molecule has 2 heterocycles. The molecule has 7 nitrogen and oxygen atoms in total. The lowest BCUT2D eigenvalue weighted by Crippen LogP contribution is -2.25. The minimum atomic E-state index is -3.64. The number of fused-ring (bicyclic) bond motifs is 2. The van der Waals surface area contributed by atoms with E-state index in [9.17, 15) is 17.6 Å². The number of hydrogen-bond acceptors (Lipinski definition) is 4. The molecule has 6 aromatic rings. The zero-order valence-corrected chi connectivity index (χ0v) is 23.4. The fourth-order valence-electron chi connectivity index (χ4n) is 5.08. The molecule has 0 saturated carbocycles. The molecule has 0 radical (unpaired) electrons. The second-order valence-electron chi connectivity index (χ2n) is 9.78. The molecule has 0 saturated heterocycles. The van der Waals surface area contributed by atoms with E-state index in [0.717, 1.165) is 28.4 Å². The highest BCUT2D eigenvalue weighted by Gasteiger charge is 2.26. The van der Waals surface area contributed by atoms with E-state index in [1.54, 1.807) is 12.1 Å². The van der Waals surface area contributed by atoms with Crippen molar-refractivity contribution in [1.29, 1.82) is 0 Å². The van der Waals surface area contributed by atoms with E-state index >= 15 is 0 Å². The summed E-state index contributed by atoms with van der Waals surface area (Å²) in [6, 6.07) is 27.0. The Morgan fingerprint density at radius 1 is 0.927 bits per heavy atom. The predicted molar refractivity (Wildman–Crippen MR) is 161 cm³/mol. The van der Waals surface area contributed by atoms with Gasteiger partial charge in [0.15, 0.2) is 0 Å². The smallest absolute Gasteiger partial charge is 0.255 e. The number of benzene rings is 4. The fourth-order valence-corrected chi connectivity index (χ4v) is 5.59. The molecule has 6 rings (SSSR count). The van der Waals surface area contributed by atoms with Crippen molar-refractivity contribution in [1.82, 2.24) is 9.88 Å². The molecule has 0 aliphatic carbocycles. The number of sulfonamides is 1. The molecule has 41 heavy (non-hydrogen) atoms. The van der Waals surface area contributed by atoms with Crippen LogP contribution in [0.5, 0.6) is 0 Å². The van der Waals surface area contributed by atoms with Gasteiger partial charge in [0.05, 0.1) is 23.0 Å². The summed E-state index contributed by atoms with van der Waals surface area (Å²) < 4.78 is 48.5. The third kappa shape index (κ3) is 4.64. The number of furan rings is 1. The van der Waals surface area contributed by atoms with Crippen molar-refractivity contribution in [2.75, 3.05) is 24.7 Å². The summed E-state index contributed by atoms with van der Waals surface area (Å²) in [7, 11) is -0.643. The lowest BCUT2D eigenvalue weighted by atomic mass is 9.97. The van der Waals surface area contributed by atoms with E-state index in [2.05, 4.69) is 9.88 Å². The number of para-hydroxylation sites is 1. The Morgan fingerprint density at radius 3 is 2.32 bits per heavy atom. The Morgan fingerprint density at radius 2 is 1.63 bits per heavy atom. The van der Waals surface area contributed by atoms with Crippen LogP contribution in [-0.4, -0.2) is 39.2 Å². The Balaban J connectivity index is 1.61. The third-order valence-electron chi connectivity index (χ3n) is 7.24. The number of anilines is 1. The van der Waals surface area contributed by atoms with Crippen LogP contribution in [0, 0.1) is 5.82 Å². The second-order valence-corrected chi connectivity index (χ2v) is 11.8. The number of amides is 1. The summed E-state index contributed by atoms with van der Waals surface area (Å²) >= 11 is 0. The third-order valence-corrected chi connectivity index (χ3v) is 8.43. The van der Waals surface area contributed by atoms with E-state index < -0.39 is 15.8 Å². The molecular weight excluding hydrogens is 541 g/mol. The van der Waals surface area contributed by atoms with Gasteiger partial charge in [0.2, 0.25) is 10.0 Å². The van der Waals surface area contributed by atoms with Crippen molar-refractivity contribution in [3.8, 4) is 28.1 Å². The van der Waals surface area contributed by atoms with Crippen LogP contribution in [0.1, 0.15) is 10.4 Å². The number of nitrogens with one attached hydrogen (secondary N) is 1. The molecule has 4 aromatic carbocycles. The fraction of sp³-hybridized carbons (Fsp3) is 0.0938. The van der Waals surface area contributed by atoms with Gasteiger partial charge in [-0.3, -0.25) is 9.10 Å². The Labute approximate surface area is 236 Å². The van der Waals surface area contributed by atoms with E-state index in [1.165, 1.54) is 42.7 Å². The summed E-state index contributed by atoms with van der Waals surface area (Å²) in [5.41, 5.74) is 4.91. The van der Waals surface area contributed by atoms with Gasteiger partial charge in [0.25, 0.3) is 5.91 Å². The van der Waals surface area contributed by atoms with Gasteiger partial charge in [-0.1, -0.05) is 24.3 Å². The van der Waals surface area contributed by atoms with E-state index in [4.69, 9.17) is 4.42 Å². The maximum atomic E-state index is 13.7. The standard InChI is InChI=1S/C32H26FN3O4S/c1-34-32(37)30-26-18-25(21-11-14-27-22(17-21)15-16-36(27)24-7-5-4-6-8-24)28(35(2)41(3,38)39)19-29(26)40-31(30)20-9-12-23(33)13-10-20/h4-19H,1-3H3,(H,34,37). The highest BCUT2D eigenvalue weighted by atomic mass is 32.2. The van der Waals surface area contributed by atoms with E-state index in [-0.39, 0.29) is 17.2 Å². The second kappa shape index (κ2) is 9.94. The van der Waals surface area contributed by atoms with Crippen LogP contribution in [0.4, 0.5) is 10.1 Å². The Bertz CT molecular complexity index is 2050. The lowest BCUT2D eigenvalue weighted by molar-refractivity contribution is 0.0964. The SMILES string of the molecule is CNC(=O)c1c(-c2ccc(F)cc2)oc2cc(N(C)S(C)(=O)=O)c(-c3ccc4c(ccn4-c4ccccc4)c3)cc12. The number of nitrogens with zero attached hydrogens (tertiary/aromatic N) is 2. The topological polar surface area (TPSA) is 84.6 Å². The summed E-state index contributed by atoms with van der Waals surface area (Å²) in [6.45, 7) is 0. The van der Waals surface area contributed by atoms with Gasteiger partial charge < -0.3 is 14.3 Å². The van der Waals surface area contributed by atoms with Crippen LogP contribution < -0.4 is 9.62 Å². The highest BCUT2D eigenvalue weighted by Crippen LogP contribution is 2.42. The number of carbonyl (C=O) groups excluding carboxylic acids is 1. The number of halogens is 1. The summed E-state index contributed by atoms with van der Waals surface area (Å²) in [4.78, 5) is 13.1. The molecule has 206 valence electrons. The summed E-state index contributed by atoms with van der Waals surface area (Å²) in [5, 5.41) is 4.13. The van der Waals surface area contributed by atoms with Gasteiger partial charge in [-0.05, 0) is 66.2 Å². The highest BCUT2D eigenvalue weighted by molar-refractivity contribution is 7.92. The minimum Gasteiger partial charge on any atom is -0.455 e. The molecule has 0 unspecified atom stereocenters. The maximum absolute atomic E-state index is 13.7. The van der Waals surface area contributed by atoms with Crippen molar-refractivity contribution < 1.29 is 22.0 Å². The van der Waals surface area contributed by atoms with E-state index in [0.29, 0.717) is 27.8 Å². The molecule has 0 fully saturated rings. The molecule has 0 spiro atoms. The molecule has 2 aromatic heterocycles. The molecule has 0 aliphatic heterocycles. The Kier molecular flexibility index (Phi) is 6.38. The first-order chi connectivity index (χ1) is 19.7. The number of carbonyl (C=O) groups is 1. The zero-order valence-electron chi connectivity index (χ0n) is 22.6. The van der Waals surface area contributed by atoms with Gasteiger partial charge in [0, 0.05) is 53.9 Å². The van der Waals surface area contributed by atoms with E-state index in [1.807, 2.05) is 60.8 Å². The van der Waals surface area contributed by atoms with Gasteiger partial charge in [-0.15, -0.1) is 0 Å². The first-order valence-electron chi connectivity index (χ1n) is 12.8. The average Bonchev–Trinajstić information content (AvgIpc) is 3.57. The van der Waals surface area contributed by atoms with Crippen molar-refractivity contribution >= 4 is 43.5 Å². The van der Waals surface area contributed by atoms with Crippen molar-refractivity contribution in [2.45, 2.75) is 0 Å². The first kappa shape index (κ1) is 26.3. The zero-order chi connectivity index (χ0) is 28.9. The van der Waals surface area contributed by atoms with Gasteiger partial charge >= 0.3 is 0 Å². The monoisotopic (exact) mass is 567 g/mol.